The van der Waals surface area contributed by atoms with Crippen LogP contribution >= 0.6 is 15.9 Å². The van der Waals surface area contributed by atoms with Gasteiger partial charge in [-0.1, -0.05) is 31.6 Å². The molecule has 1 aromatic rings. The van der Waals surface area contributed by atoms with Crippen LogP contribution < -0.4 is 10.6 Å². The number of allylic oxidation sites excluding steroid dienone is 2. The quantitative estimate of drug-likeness (QED) is 0.309. The van der Waals surface area contributed by atoms with Gasteiger partial charge in [-0.2, -0.15) is 0 Å². The summed E-state index contributed by atoms with van der Waals surface area (Å²) in [6.07, 6.45) is 2.60. The van der Waals surface area contributed by atoms with Crippen molar-refractivity contribution in [2.24, 2.45) is 11.8 Å². The average Bonchev–Trinajstić information content (AvgIpc) is 2.84. The third kappa shape index (κ3) is 9.13. The topological polar surface area (TPSA) is 145 Å². The van der Waals surface area contributed by atoms with Crippen molar-refractivity contribution in [3.05, 3.63) is 39.9 Å². The zero-order valence-corrected chi connectivity index (χ0v) is 24.1. The molecule has 38 heavy (non-hydrogen) atoms. The highest BCUT2D eigenvalue weighted by Gasteiger charge is 2.32. The Kier molecular flexibility index (Phi) is 11.8. The van der Waals surface area contributed by atoms with Crippen molar-refractivity contribution in [1.82, 2.24) is 15.5 Å². The molecule has 5 unspecified atom stereocenters. The first-order valence-corrected chi connectivity index (χ1v) is 13.4. The van der Waals surface area contributed by atoms with Crippen LogP contribution in [0.15, 0.2) is 34.3 Å². The molecule has 11 heteroatoms. The zero-order chi connectivity index (χ0) is 28.6. The van der Waals surface area contributed by atoms with Crippen LogP contribution in [0.3, 0.4) is 0 Å². The second-order valence-corrected chi connectivity index (χ2v) is 10.9. The molecule has 0 saturated carbocycles. The van der Waals surface area contributed by atoms with Gasteiger partial charge in [0.25, 0.3) is 0 Å². The molecule has 1 aliphatic heterocycles. The van der Waals surface area contributed by atoms with E-state index < -0.39 is 42.6 Å². The summed E-state index contributed by atoms with van der Waals surface area (Å²) in [5.41, 5.74) is 1.63. The number of aliphatic hydroxyl groups is 1. The molecule has 3 amide bonds. The first-order valence-electron chi connectivity index (χ1n) is 12.6. The number of amides is 3. The fourth-order valence-electron chi connectivity index (χ4n) is 4.44. The number of halogens is 1. The van der Waals surface area contributed by atoms with E-state index in [-0.39, 0.29) is 36.5 Å². The largest absolute Gasteiger partial charge is 0.507 e. The van der Waals surface area contributed by atoms with E-state index >= 15 is 0 Å². The average molecular weight is 597 g/mol. The summed E-state index contributed by atoms with van der Waals surface area (Å²) in [6.45, 7) is 6.42. The lowest BCUT2D eigenvalue weighted by Crippen LogP contribution is -2.55. The van der Waals surface area contributed by atoms with Crippen molar-refractivity contribution in [2.45, 2.75) is 65.1 Å². The Balaban J connectivity index is 2.38. The normalized spacial score (nSPS) is 27.0. The molecule has 0 saturated heterocycles. The van der Waals surface area contributed by atoms with Crippen molar-refractivity contribution in [3.8, 4) is 5.75 Å². The summed E-state index contributed by atoms with van der Waals surface area (Å²) >= 11 is 3.24. The molecule has 0 spiro atoms. The fraction of sp³-hybridized carbons (Fsp3) is 0.556. The van der Waals surface area contributed by atoms with Crippen LogP contribution in [0.25, 0.3) is 0 Å². The SMILES string of the molecule is CC1=CC(C)CC(C)OC(=O)C(CO)NC(=O)C(Cc2ccc(O)c(Br)c2)N(C)C(=O)CNC(=O)C(C)C1. The predicted octanol–water partition coefficient (Wildman–Crippen LogP) is 2.06. The number of carbonyl (C=O) groups excluding carboxylic acids is 4. The van der Waals surface area contributed by atoms with E-state index in [9.17, 15) is 29.4 Å². The first-order chi connectivity index (χ1) is 17.8. The molecule has 0 fully saturated rings. The highest BCUT2D eigenvalue weighted by molar-refractivity contribution is 9.10. The van der Waals surface area contributed by atoms with Crippen molar-refractivity contribution >= 4 is 39.6 Å². The maximum atomic E-state index is 13.3. The van der Waals surface area contributed by atoms with E-state index in [2.05, 4.69) is 26.6 Å². The minimum atomic E-state index is -1.32. The maximum Gasteiger partial charge on any atom is 0.331 e. The number of cyclic esters (lactones) is 1. The van der Waals surface area contributed by atoms with Crippen molar-refractivity contribution < 1.29 is 34.1 Å². The molecule has 0 aromatic heterocycles. The van der Waals surface area contributed by atoms with Crippen LogP contribution in [0.2, 0.25) is 0 Å². The first kappa shape index (κ1) is 31.3. The van der Waals surface area contributed by atoms with Crippen LogP contribution in [0, 0.1) is 11.8 Å². The lowest BCUT2D eigenvalue weighted by atomic mass is 9.96. The molecular weight excluding hydrogens is 558 g/mol. The molecule has 210 valence electrons. The summed E-state index contributed by atoms with van der Waals surface area (Å²) in [7, 11) is 1.43. The van der Waals surface area contributed by atoms with Gasteiger partial charge in [0.1, 0.15) is 11.8 Å². The van der Waals surface area contributed by atoms with Crippen LogP contribution in [0.5, 0.6) is 5.75 Å². The van der Waals surface area contributed by atoms with Gasteiger partial charge in [-0.15, -0.1) is 0 Å². The lowest BCUT2D eigenvalue weighted by molar-refractivity contribution is -0.154. The van der Waals surface area contributed by atoms with Crippen LogP contribution in [-0.4, -0.2) is 77.2 Å². The van der Waals surface area contributed by atoms with E-state index in [1.807, 2.05) is 19.9 Å². The van der Waals surface area contributed by atoms with Crippen molar-refractivity contribution in [2.75, 3.05) is 20.2 Å². The minimum Gasteiger partial charge on any atom is -0.507 e. The number of aromatic hydroxyl groups is 1. The number of nitrogens with one attached hydrogen (secondary N) is 2. The number of benzene rings is 1. The molecule has 1 heterocycles. The molecule has 4 N–H and O–H groups in total. The van der Waals surface area contributed by atoms with Gasteiger partial charge in [-0.25, -0.2) is 4.79 Å². The standard InChI is InChI=1S/C27H38BrN3O7/c1-15-8-16(2)10-18(4)38-27(37)21(14-32)30-26(36)22(12-19-6-7-23(33)20(28)11-19)31(5)24(34)13-29-25(35)17(3)9-15/h6-8,11,16-18,21-22,32-33H,9-10,12-14H2,1-5H3,(H,29,35)(H,30,36). The van der Waals surface area contributed by atoms with E-state index in [0.29, 0.717) is 22.9 Å². The Morgan fingerprint density at radius 1 is 1.13 bits per heavy atom. The number of ether oxygens (including phenoxy) is 1. The summed E-state index contributed by atoms with van der Waals surface area (Å²) in [5, 5.41) is 24.8. The number of nitrogens with zero attached hydrogens (tertiary/aromatic N) is 1. The maximum absolute atomic E-state index is 13.3. The zero-order valence-electron chi connectivity index (χ0n) is 22.5. The van der Waals surface area contributed by atoms with E-state index in [0.717, 1.165) is 5.57 Å². The number of carbonyl (C=O) groups is 4. The van der Waals surface area contributed by atoms with Crippen molar-refractivity contribution in [3.63, 3.8) is 0 Å². The van der Waals surface area contributed by atoms with Gasteiger partial charge in [0.05, 0.1) is 23.7 Å². The van der Waals surface area contributed by atoms with Gasteiger partial charge >= 0.3 is 5.97 Å². The van der Waals surface area contributed by atoms with Gasteiger partial charge < -0.3 is 30.5 Å². The Bertz CT molecular complexity index is 1060. The molecule has 0 bridgehead atoms. The number of hydrogen-bond donors (Lipinski definition) is 4. The van der Waals surface area contributed by atoms with Gasteiger partial charge in [0.2, 0.25) is 17.7 Å². The molecular formula is C27H38BrN3O7. The van der Waals surface area contributed by atoms with Crippen LogP contribution in [0.4, 0.5) is 0 Å². The molecule has 10 nitrogen and oxygen atoms in total. The predicted molar refractivity (Wildman–Crippen MR) is 145 cm³/mol. The van der Waals surface area contributed by atoms with E-state index in [4.69, 9.17) is 4.74 Å². The molecule has 5 atom stereocenters. The fourth-order valence-corrected chi connectivity index (χ4v) is 4.86. The number of rotatable bonds is 3. The van der Waals surface area contributed by atoms with Gasteiger partial charge in [0, 0.05) is 19.4 Å². The molecule has 0 radical (unpaired) electrons. The minimum absolute atomic E-state index is 0.0146. The van der Waals surface area contributed by atoms with E-state index in [1.165, 1.54) is 18.0 Å². The number of likely N-dealkylation sites (N-methyl/N-ethyl adjacent to an activating group) is 1. The third-order valence-electron chi connectivity index (χ3n) is 6.47. The van der Waals surface area contributed by atoms with Crippen molar-refractivity contribution in [1.29, 1.82) is 0 Å². The number of esters is 1. The van der Waals surface area contributed by atoms with Crippen LogP contribution in [-0.2, 0) is 30.3 Å². The van der Waals surface area contributed by atoms with E-state index in [1.54, 1.807) is 26.0 Å². The molecule has 1 aliphatic rings. The molecule has 0 aliphatic carbocycles. The Morgan fingerprint density at radius 2 is 1.82 bits per heavy atom. The van der Waals surface area contributed by atoms with Gasteiger partial charge in [-0.05, 0) is 66.2 Å². The second-order valence-electron chi connectivity index (χ2n) is 10.1. The molecule has 2 rings (SSSR count). The number of phenols is 1. The smallest absolute Gasteiger partial charge is 0.331 e. The Hall–Kier alpha value is -2.92. The summed E-state index contributed by atoms with van der Waals surface area (Å²) in [4.78, 5) is 53.0. The molecule has 1 aromatic carbocycles. The van der Waals surface area contributed by atoms with Gasteiger partial charge in [-0.3, -0.25) is 14.4 Å². The summed E-state index contributed by atoms with van der Waals surface area (Å²) < 4.78 is 5.91. The summed E-state index contributed by atoms with van der Waals surface area (Å²) in [5.74, 6) is -2.55. The highest BCUT2D eigenvalue weighted by Crippen LogP contribution is 2.25. The Morgan fingerprint density at radius 3 is 2.45 bits per heavy atom. The Labute approximate surface area is 231 Å². The van der Waals surface area contributed by atoms with Gasteiger partial charge in [0.15, 0.2) is 6.04 Å². The number of hydrogen-bond acceptors (Lipinski definition) is 7. The van der Waals surface area contributed by atoms with Crippen LogP contribution in [0.1, 0.15) is 46.1 Å². The second kappa shape index (κ2) is 14.3. The lowest BCUT2D eigenvalue weighted by Gasteiger charge is -2.29. The monoisotopic (exact) mass is 595 g/mol. The summed E-state index contributed by atoms with van der Waals surface area (Å²) in [6, 6.07) is 2.27. The third-order valence-corrected chi connectivity index (χ3v) is 7.10. The highest BCUT2D eigenvalue weighted by atomic mass is 79.9. The number of aliphatic hydroxyl groups excluding tert-OH is 1. The number of phenolic OH excluding ortho intramolecular Hbond substituents is 1.